The molecule has 0 radical (unpaired) electrons. The molecule has 1 unspecified atom stereocenters. The van der Waals surface area contributed by atoms with Gasteiger partial charge in [-0.25, -0.2) is 0 Å². The summed E-state index contributed by atoms with van der Waals surface area (Å²) in [5.74, 6) is 0. The first kappa shape index (κ1) is 18.1. The summed E-state index contributed by atoms with van der Waals surface area (Å²) in [6.45, 7) is 5.60. The van der Waals surface area contributed by atoms with E-state index in [2.05, 4.69) is 29.5 Å². The zero-order valence-corrected chi connectivity index (χ0v) is 14.3. The molecule has 0 aliphatic heterocycles. The molecule has 122 valence electrons. The van der Waals surface area contributed by atoms with Crippen LogP contribution in [-0.2, 0) is 13.5 Å². The molecule has 4 heteroatoms. The third kappa shape index (κ3) is 8.86. The van der Waals surface area contributed by atoms with E-state index in [4.69, 9.17) is 0 Å². The number of rotatable bonds is 13. The van der Waals surface area contributed by atoms with E-state index in [0.29, 0.717) is 6.04 Å². The van der Waals surface area contributed by atoms with Gasteiger partial charge in [-0.05, 0) is 19.4 Å². The first-order chi connectivity index (χ1) is 10.3. The number of aryl methyl sites for hydroxylation is 1. The van der Waals surface area contributed by atoms with Crippen molar-refractivity contribution >= 4 is 0 Å². The molecule has 0 saturated heterocycles. The summed E-state index contributed by atoms with van der Waals surface area (Å²) in [5.41, 5.74) is 1.11. The molecule has 0 aromatic carbocycles. The molecule has 21 heavy (non-hydrogen) atoms. The molecule has 1 aromatic heterocycles. The van der Waals surface area contributed by atoms with Crippen molar-refractivity contribution in [1.82, 2.24) is 20.3 Å². The Hall–Kier alpha value is -0.900. The van der Waals surface area contributed by atoms with Gasteiger partial charge in [0.2, 0.25) is 0 Å². The lowest BCUT2D eigenvalue weighted by atomic mass is 10.0. The van der Waals surface area contributed by atoms with Crippen molar-refractivity contribution in [2.24, 2.45) is 7.05 Å². The lowest BCUT2D eigenvalue weighted by Crippen LogP contribution is -2.32. The second-order valence-electron chi connectivity index (χ2n) is 6.15. The number of aromatic nitrogens is 3. The van der Waals surface area contributed by atoms with Crippen molar-refractivity contribution in [1.29, 1.82) is 0 Å². The average Bonchev–Trinajstić information content (AvgIpc) is 2.88. The van der Waals surface area contributed by atoms with Gasteiger partial charge in [0.1, 0.15) is 0 Å². The minimum Gasteiger partial charge on any atom is -0.314 e. The number of hydrogen-bond donors (Lipinski definition) is 1. The quantitative estimate of drug-likeness (QED) is 0.562. The molecule has 1 atom stereocenters. The molecule has 0 amide bonds. The van der Waals surface area contributed by atoms with Gasteiger partial charge in [-0.2, -0.15) is 0 Å². The largest absolute Gasteiger partial charge is 0.314 e. The predicted molar refractivity (Wildman–Crippen MR) is 89.4 cm³/mol. The molecule has 0 aliphatic rings. The molecule has 0 aliphatic carbocycles. The molecule has 4 nitrogen and oxygen atoms in total. The standard InChI is InChI=1S/C17H34N4/c1-4-6-7-8-9-10-11-12-16(18-13-5-2)14-17-15-21(3)20-19-17/h15-16,18H,4-14H2,1-3H3. The Labute approximate surface area is 130 Å². The Morgan fingerprint density at radius 3 is 2.38 bits per heavy atom. The number of unbranched alkanes of at least 4 members (excludes halogenated alkanes) is 6. The Bertz CT molecular complexity index is 348. The van der Waals surface area contributed by atoms with Crippen LogP contribution in [0.15, 0.2) is 6.20 Å². The van der Waals surface area contributed by atoms with Gasteiger partial charge >= 0.3 is 0 Å². The van der Waals surface area contributed by atoms with Crippen molar-refractivity contribution in [2.75, 3.05) is 6.54 Å². The van der Waals surface area contributed by atoms with Crippen molar-refractivity contribution in [2.45, 2.75) is 84.1 Å². The van der Waals surface area contributed by atoms with E-state index < -0.39 is 0 Å². The van der Waals surface area contributed by atoms with Crippen LogP contribution in [0.4, 0.5) is 0 Å². The third-order valence-corrected chi connectivity index (χ3v) is 3.94. The minimum absolute atomic E-state index is 0.553. The zero-order chi connectivity index (χ0) is 15.3. The summed E-state index contributed by atoms with van der Waals surface area (Å²) in [5, 5.41) is 11.9. The molecular weight excluding hydrogens is 260 g/mol. The van der Waals surface area contributed by atoms with Crippen LogP contribution < -0.4 is 5.32 Å². The molecular formula is C17H34N4. The van der Waals surface area contributed by atoms with Gasteiger partial charge in [0.25, 0.3) is 0 Å². The van der Waals surface area contributed by atoms with Crippen molar-refractivity contribution in [3.63, 3.8) is 0 Å². The van der Waals surface area contributed by atoms with Gasteiger partial charge in [0, 0.05) is 25.7 Å². The fourth-order valence-electron chi connectivity index (χ4n) is 2.71. The summed E-state index contributed by atoms with van der Waals surface area (Å²) in [4.78, 5) is 0. The molecule has 1 heterocycles. The van der Waals surface area contributed by atoms with Gasteiger partial charge in [-0.3, -0.25) is 4.68 Å². The van der Waals surface area contributed by atoms with Gasteiger partial charge in [0.05, 0.1) is 5.69 Å². The molecule has 0 saturated carbocycles. The highest BCUT2D eigenvalue weighted by molar-refractivity contribution is 4.95. The maximum absolute atomic E-state index is 4.21. The van der Waals surface area contributed by atoms with E-state index in [-0.39, 0.29) is 0 Å². The summed E-state index contributed by atoms with van der Waals surface area (Å²) >= 11 is 0. The van der Waals surface area contributed by atoms with Crippen LogP contribution in [0.3, 0.4) is 0 Å². The smallest absolute Gasteiger partial charge is 0.0842 e. The van der Waals surface area contributed by atoms with Crippen molar-refractivity contribution in [3.05, 3.63) is 11.9 Å². The van der Waals surface area contributed by atoms with E-state index in [1.54, 1.807) is 4.68 Å². The van der Waals surface area contributed by atoms with E-state index in [1.165, 1.54) is 57.8 Å². The number of nitrogens with zero attached hydrogens (tertiary/aromatic N) is 3. The Morgan fingerprint density at radius 1 is 1.05 bits per heavy atom. The van der Waals surface area contributed by atoms with E-state index in [1.807, 2.05) is 13.2 Å². The zero-order valence-electron chi connectivity index (χ0n) is 14.3. The Balaban J connectivity index is 2.20. The second kappa shape index (κ2) is 11.7. The highest BCUT2D eigenvalue weighted by Crippen LogP contribution is 2.12. The Morgan fingerprint density at radius 2 is 1.76 bits per heavy atom. The number of hydrogen-bond acceptors (Lipinski definition) is 3. The van der Waals surface area contributed by atoms with Crippen LogP contribution in [0.2, 0.25) is 0 Å². The maximum Gasteiger partial charge on any atom is 0.0842 e. The topological polar surface area (TPSA) is 42.7 Å². The monoisotopic (exact) mass is 294 g/mol. The molecule has 1 aromatic rings. The van der Waals surface area contributed by atoms with Crippen LogP contribution in [0.1, 0.15) is 77.3 Å². The maximum atomic E-state index is 4.21. The summed E-state index contributed by atoms with van der Waals surface area (Å²) < 4.78 is 1.79. The van der Waals surface area contributed by atoms with Gasteiger partial charge in [-0.15, -0.1) is 5.10 Å². The first-order valence-corrected chi connectivity index (χ1v) is 8.84. The van der Waals surface area contributed by atoms with Crippen molar-refractivity contribution < 1.29 is 0 Å². The minimum atomic E-state index is 0.553. The molecule has 0 fully saturated rings. The molecule has 1 N–H and O–H groups in total. The highest BCUT2D eigenvalue weighted by atomic mass is 15.4. The fourth-order valence-corrected chi connectivity index (χ4v) is 2.71. The third-order valence-electron chi connectivity index (χ3n) is 3.94. The normalized spacial score (nSPS) is 12.7. The van der Waals surface area contributed by atoms with Gasteiger partial charge < -0.3 is 5.32 Å². The Kier molecular flexibility index (Phi) is 10.1. The lowest BCUT2D eigenvalue weighted by molar-refractivity contribution is 0.446. The molecule has 1 rings (SSSR count). The lowest BCUT2D eigenvalue weighted by Gasteiger charge is -2.17. The fraction of sp³-hybridized carbons (Fsp3) is 0.882. The van der Waals surface area contributed by atoms with Crippen LogP contribution in [0, 0.1) is 0 Å². The summed E-state index contributed by atoms with van der Waals surface area (Å²) in [7, 11) is 1.93. The van der Waals surface area contributed by atoms with Crippen LogP contribution in [0.25, 0.3) is 0 Å². The van der Waals surface area contributed by atoms with E-state index >= 15 is 0 Å². The van der Waals surface area contributed by atoms with Crippen LogP contribution in [0.5, 0.6) is 0 Å². The predicted octanol–water partition coefficient (Wildman–Crippen LogP) is 3.87. The summed E-state index contributed by atoms with van der Waals surface area (Å²) in [6.07, 6.45) is 15.1. The molecule has 0 spiro atoms. The van der Waals surface area contributed by atoms with E-state index in [0.717, 1.165) is 18.7 Å². The van der Waals surface area contributed by atoms with E-state index in [9.17, 15) is 0 Å². The van der Waals surface area contributed by atoms with Crippen LogP contribution >= 0.6 is 0 Å². The van der Waals surface area contributed by atoms with Gasteiger partial charge in [0.15, 0.2) is 0 Å². The first-order valence-electron chi connectivity index (χ1n) is 8.84. The summed E-state index contributed by atoms with van der Waals surface area (Å²) in [6, 6.07) is 0.553. The van der Waals surface area contributed by atoms with Crippen molar-refractivity contribution in [3.8, 4) is 0 Å². The SMILES string of the molecule is CCCCCCCCCC(Cc1cn(C)nn1)NCCC. The molecule has 0 bridgehead atoms. The van der Waals surface area contributed by atoms with Crippen LogP contribution in [-0.4, -0.2) is 27.6 Å². The number of nitrogens with one attached hydrogen (secondary N) is 1. The average molecular weight is 294 g/mol. The highest BCUT2D eigenvalue weighted by Gasteiger charge is 2.10. The van der Waals surface area contributed by atoms with Gasteiger partial charge in [-0.1, -0.05) is 64.0 Å². The second-order valence-corrected chi connectivity index (χ2v) is 6.15.